The molecule has 0 aromatic carbocycles. The number of carboxylic acids is 1. The molecule has 0 saturated carbocycles. The summed E-state index contributed by atoms with van der Waals surface area (Å²) in [6.45, 7) is 2.99. The standard InChI is InChI=1S/C12H20N4O3/c1-2-3-4-9(12(18)19)15-11(17)10-7-16(6-5-13)8-14-10/h7-9H,2-6,13H2,1H3,(H,15,17)(H,18,19). The maximum atomic E-state index is 11.9. The van der Waals surface area contributed by atoms with E-state index in [0.29, 0.717) is 19.5 Å². The first-order chi connectivity index (χ1) is 9.08. The summed E-state index contributed by atoms with van der Waals surface area (Å²) in [5, 5.41) is 11.5. The number of imidazole rings is 1. The molecule has 0 spiro atoms. The van der Waals surface area contributed by atoms with Crippen LogP contribution in [-0.2, 0) is 11.3 Å². The van der Waals surface area contributed by atoms with Gasteiger partial charge in [-0.3, -0.25) is 4.79 Å². The lowest BCUT2D eigenvalue weighted by Crippen LogP contribution is -2.40. The van der Waals surface area contributed by atoms with Gasteiger partial charge in [0.05, 0.1) is 6.33 Å². The van der Waals surface area contributed by atoms with Crippen molar-refractivity contribution in [3.63, 3.8) is 0 Å². The number of aromatic nitrogens is 2. The Labute approximate surface area is 111 Å². The summed E-state index contributed by atoms with van der Waals surface area (Å²) in [7, 11) is 0. The van der Waals surface area contributed by atoms with Gasteiger partial charge in [-0.15, -0.1) is 0 Å². The van der Waals surface area contributed by atoms with Crippen LogP contribution in [0.25, 0.3) is 0 Å². The number of aliphatic carboxylic acids is 1. The van der Waals surface area contributed by atoms with Gasteiger partial charge in [0.15, 0.2) is 0 Å². The van der Waals surface area contributed by atoms with E-state index in [0.717, 1.165) is 12.8 Å². The van der Waals surface area contributed by atoms with Crippen molar-refractivity contribution in [2.45, 2.75) is 38.8 Å². The van der Waals surface area contributed by atoms with E-state index in [9.17, 15) is 9.59 Å². The highest BCUT2D eigenvalue weighted by Gasteiger charge is 2.21. The Bertz CT molecular complexity index is 430. The van der Waals surface area contributed by atoms with Crippen molar-refractivity contribution >= 4 is 11.9 Å². The molecule has 1 aromatic heterocycles. The molecule has 1 amide bonds. The summed E-state index contributed by atoms with van der Waals surface area (Å²) < 4.78 is 1.69. The van der Waals surface area contributed by atoms with E-state index in [2.05, 4.69) is 10.3 Å². The third-order valence-electron chi connectivity index (χ3n) is 2.70. The van der Waals surface area contributed by atoms with Crippen LogP contribution in [0.1, 0.15) is 36.7 Å². The van der Waals surface area contributed by atoms with Crippen molar-refractivity contribution < 1.29 is 14.7 Å². The van der Waals surface area contributed by atoms with Gasteiger partial charge in [-0.05, 0) is 6.42 Å². The van der Waals surface area contributed by atoms with E-state index >= 15 is 0 Å². The molecule has 0 radical (unpaired) electrons. The fraction of sp³-hybridized carbons (Fsp3) is 0.583. The summed E-state index contributed by atoms with van der Waals surface area (Å²) in [6, 6.07) is -0.868. The van der Waals surface area contributed by atoms with E-state index < -0.39 is 17.9 Å². The second-order valence-electron chi connectivity index (χ2n) is 4.29. The largest absolute Gasteiger partial charge is 0.480 e. The van der Waals surface area contributed by atoms with Crippen molar-refractivity contribution in [3.8, 4) is 0 Å². The molecule has 0 saturated heterocycles. The van der Waals surface area contributed by atoms with E-state index in [1.807, 2.05) is 6.92 Å². The van der Waals surface area contributed by atoms with Crippen molar-refractivity contribution in [2.24, 2.45) is 5.73 Å². The van der Waals surface area contributed by atoms with Gasteiger partial charge >= 0.3 is 5.97 Å². The Hall–Kier alpha value is -1.89. The molecular formula is C12H20N4O3. The van der Waals surface area contributed by atoms with Gasteiger partial charge < -0.3 is 20.7 Å². The minimum Gasteiger partial charge on any atom is -0.480 e. The number of carboxylic acid groups (broad SMARTS) is 1. The lowest BCUT2D eigenvalue weighted by atomic mass is 10.1. The first-order valence-corrected chi connectivity index (χ1v) is 6.34. The zero-order valence-electron chi connectivity index (χ0n) is 11.0. The number of nitrogens with two attached hydrogens (primary N) is 1. The first-order valence-electron chi connectivity index (χ1n) is 6.34. The van der Waals surface area contributed by atoms with Crippen LogP contribution in [0.4, 0.5) is 0 Å². The van der Waals surface area contributed by atoms with Crippen LogP contribution < -0.4 is 11.1 Å². The summed E-state index contributed by atoms with van der Waals surface area (Å²) in [5.74, 6) is -1.50. The minimum absolute atomic E-state index is 0.205. The number of hydrogen-bond donors (Lipinski definition) is 3. The normalized spacial score (nSPS) is 12.1. The lowest BCUT2D eigenvalue weighted by molar-refractivity contribution is -0.139. The first kappa shape index (κ1) is 15.2. The average molecular weight is 268 g/mol. The molecule has 7 nitrogen and oxygen atoms in total. The Morgan fingerprint density at radius 2 is 2.32 bits per heavy atom. The molecule has 1 rings (SSSR count). The fourth-order valence-corrected chi connectivity index (χ4v) is 1.65. The molecule has 4 N–H and O–H groups in total. The number of amides is 1. The van der Waals surface area contributed by atoms with Crippen molar-refractivity contribution in [2.75, 3.05) is 6.54 Å². The molecule has 0 aliphatic heterocycles. The van der Waals surface area contributed by atoms with Crippen LogP contribution in [0.2, 0.25) is 0 Å². The van der Waals surface area contributed by atoms with Crippen molar-refractivity contribution in [3.05, 3.63) is 18.2 Å². The Kier molecular flexibility index (Phi) is 6.01. The van der Waals surface area contributed by atoms with E-state index in [4.69, 9.17) is 10.8 Å². The number of rotatable bonds is 8. The molecule has 106 valence electrons. The summed E-state index contributed by atoms with van der Waals surface area (Å²) in [6.07, 6.45) is 5.11. The number of nitrogens with zero attached hydrogens (tertiary/aromatic N) is 2. The van der Waals surface area contributed by atoms with Gasteiger partial charge in [0, 0.05) is 19.3 Å². The summed E-state index contributed by atoms with van der Waals surface area (Å²) in [5.41, 5.74) is 5.60. The molecule has 1 aromatic rings. The van der Waals surface area contributed by atoms with E-state index in [1.165, 1.54) is 6.33 Å². The molecule has 1 atom stereocenters. The molecule has 1 heterocycles. The smallest absolute Gasteiger partial charge is 0.326 e. The van der Waals surface area contributed by atoms with E-state index in [-0.39, 0.29) is 5.69 Å². The maximum Gasteiger partial charge on any atom is 0.326 e. The molecule has 0 fully saturated rings. The predicted octanol–water partition coefficient (Wildman–Crippen LogP) is 0.215. The van der Waals surface area contributed by atoms with Crippen LogP contribution in [0.5, 0.6) is 0 Å². The maximum absolute atomic E-state index is 11.9. The fourth-order valence-electron chi connectivity index (χ4n) is 1.65. The van der Waals surface area contributed by atoms with Gasteiger partial charge in [-0.25, -0.2) is 9.78 Å². The third-order valence-corrected chi connectivity index (χ3v) is 2.70. The molecule has 19 heavy (non-hydrogen) atoms. The summed E-state index contributed by atoms with van der Waals surface area (Å²) >= 11 is 0. The molecule has 0 aliphatic rings. The number of carbonyl (C=O) groups is 2. The Morgan fingerprint density at radius 3 is 2.89 bits per heavy atom. The molecule has 7 heteroatoms. The number of hydrogen-bond acceptors (Lipinski definition) is 4. The topological polar surface area (TPSA) is 110 Å². The highest BCUT2D eigenvalue weighted by Crippen LogP contribution is 2.03. The van der Waals surface area contributed by atoms with Crippen LogP contribution in [0.15, 0.2) is 12.5 Å². The molecule has 1 unspecified atom stereocenters. The van der Waals surface area contributed by atoms with Crippen LogP contribution in [-0.4, -0.2) is 39.1 Å². The van der Waals surface area contributed by atoms with Gasteiger partial charge in [0.25, 0.3) is 5.91 Å². The highest BCUT2D eigenvalue weighted by atomic mass is 16.4. The zero-order valence-corrected chi connectivity index (χ0v) is 11.0. The van der Waals surface area contributed by atoms with Gasteiger partial charge in [-0.1, -0.05) is 19.8 Å². The number of nitrogens with one attached hydrogen (secondary N) is 1. The van der Waals surface area contributed by atoms with Crippen LogP contribution in [0, 0.1) is 0 Å². The molecule has 0 aliphatic carbocycles. The number of carbonyl (C=O) groups excluding carboxylic acids is 1. The van der Waals surface area contributed by atoms with Crippen molar-refractivity contribution in [1.82, 2.24) is 14.9 Å². The Morgan fingerprint density at radius 1 is 1.58 bits per heavy atom. The van der Waals surface area contributed by atoms with Gasteiger partial charge in [0.2, 0.25) is 0 Å². The van der Waals surface area contributed by atoms with Crippen LogP contribution in [0.3, 0.4) is 0 Å². The number of unbranched alkanes of at least 4 members (excludes halogenated alkanes) is 1. The van der Waals surface area contributed by atoms with Gasteiger partial charge in [0.1, 0.15) is 11.7 Å². The molecular weight excluding hydrogens is 248 g/mol. The Balaban J connectivity index is 2.62. The SMILES string of the molecule is CCCCC(NC(=O)c1cn(CCN)cn1)C(=O)O. The minimum atomic E-state index is -1.02. The van der Waals surface area contributed by atoms with Crippen molar-refractivity contribution in [1.29, 1.82) is 0 Å². The quantitative estimate of drug-likeness (QED) is 0.624. The average Bonchev–Trinajstić information content (AvgIpc) is 2.83. The molecule has 0 bridgehead atoms. The van der Waals surface area contributed by atoms with E-state index in [1.54, 1.807) is 10.8 Å². The zero-order chi connectivity index (χ0) is 14.3. The highest BCUT2D eigenvalue weighted by molar-refractivity contribution is 5.94. The second kappa shape index (κ2) is 7.52. The second-order valence-corrected chi connectivity index (χ2v) is 4.29. The monoisotopic (exact) mass is 268 g/mol. The predicted molar refractivity (Wildman–Crippen MR) is 69.7 cm³/mol. The summed E-state index contributed by atoms with van der Waals surface area (Å²) in [4.78, 5) is 26.8. The van der Waals surface area contributed by atoms with Crippen LogP contribution >= 0.6 is 0 Å². The lowest BCUT2D eigenvalue weighted by Gasteiger charge is -2.12. The third kappa shape index (κ3) is 4.70. The van der Waals surface area contributed by atoms with Gasteiger partial charge in [-0.2, -0.15) is 0 Å².